The predicted octanol–water partition coefficient (Wildman–Crippen LogP) is 4.39. The highest BCUT2D eigenvalue weighted by molar-refractivity contribution is 7.91. The third-order valence-corrected chi connectivity index (χ3v) is 13.8. The maximum absolute atomic E-state index is 14.9. The van der Waals surface area contributed by atoms with E-state index in [4.69, 9.17) is 19.2 Å². The minimum atomic E-state index is -4.39. The van der Waals surface area contributed by atoms with Crippen molar-refractivity contribution in [3.63, 3.8) is 0 Å². The van der Waals surface area contributed by atoms with Crippen molar-refractivity contribution < 1.29 is 46.2 Å². The Morgan fingerprint density at radius 3 is 2.48 bits per heavy atom. The molecular weight excluding hydrogens is 772 g/mol. The van der Waals surface area contributed by atoms with Crippen LogP contribution < -0.4 is 29.7 Å². The molecule has 1 aromatic heterocycles. The Balaban J connectivity index is 1.37. The monoisotopic (exact) mass is 828 g/mol. The van der Waals surface area contributed by atoms with Gasteiger partial charge in [-0.15, -0.1) is 0 Å². The molecule has 0 radical (unpaired) electrons. The summed E-state index contributed by atoms with van der Waals surface area (Å²) in [4.78, 5) is 64.7. The number of benzene rings is 1. The molecule has 7 atom stereocenters. The molecule has 4 amide bonds. The van der Waals surface area contributed by atoms with Crippen LogP contribution in [0.1, 0.15) is 79.6 Å². The summed E-state index contributed by atoms with van der Waals surface area (Å²) in [6, 6.07) is 5.04. The van der Waals surface area contributed by atoms with E-state index < -0.39 is 80.5 Å². The second-order valence-corrected chi connectivity index (χ2v) is 19.8. The van der Waals surface area contributed by atoms with Crippen LogP contribution in [-0.2, 0) is 29.1 Å². The number of alkyl halides is 1. The Morgan fingerprint density at radius 1 is 1.12 bits per heavy atom. The average molecular weight is 829 g/mol. The van der Waals surface area contributed by atoms with Gasteiger partial charge in [0.1, 0.15) is 52.3 Å². The summed E-state index contributed by atoms with van der Waals surface area (Å²) in [5, 5.41) is 7.10. The van der Waals surface area contributed by atoms with Gasteiger partial charge in [0, 0.05) is 31.8 Å². The minimum Gasteiger partial charge on any atom is -0.497 e. The second-order valence-electron chi connectivity index (χ2n) is 17.7. The molecule has 15 nitrogen and oxygen atoms in total. The van der Waals surface area contributed by atoms with Gasteiger partial charge in [0.2, 0.25) is 27.7 Å². The Morgan fingerprint density at radius 2 is 1.84 bits per heavy atom. The normalized spacial score (nSPS) is 28.5. The number of ether oxygens (including phenoxy) is 3. The van der Waals surface area contributed by atoms with Crippen molar-refractivity contribution in [1.82, 2.24) is 25.2 Å². The van der Waals surface area contributed by atoms with Crippen LogP contribution in [0.3, 0.4) is 0 Å². The lowest BCUT2D eigenvalue weighted by atomic mass is 9.88. The van der Waals surface area contributed by atoms with Gasteiger partial charge in [0.15, 0.2) is 0 Å². The number of halogens is 1. The molecule has 2 aliphatic heterocycles. The molecule has 58 heavy (non-hydrogen) atoms. The van der Waals surface area contributed by atoms with E-state index in [1.54, 1.807) is 33.9 Å². The van der Waals surface area contributed by atoms with Crippen LogP contribution in [-0.4, -0.2) is 111 Å². The number of fused-ring (bicyclic) bond motifs is 3. The molecule has 3 heterocycles. The number of rotatable bonds is 9. The standard InChI is InChI=1S/C41H57FN6O9S/c1-24-11-9-10-12-27-21-41(27,37(51)46-58(53,54)40(23-42)15-16-40)45-34(49)31-20-29(22-48(31)36(50)33(25(2)17-24)44-38(52)57-39(3,4)5)56-35-30-14-13-28(55-8)18-26(30)19-32(43-35)47(6)7/h10,12-14,18-19,24-25,27,29,31,33H,9,11,15-17,20-23H2,1-8H3,(H,44,52)(H,45,49)(H,46,51). The predicted molar refractivity (Wildman–Crippen MR) is 216 cm³/mol. The third kappa shape index (κ3) is 8.98. The average Bonchev–Trinajstić information content (AvgIpc) is 4.05. The minimum absolute atomic E-state index is 0.0193. The van der Waals surface area contributed by atoms with Crippen LogP contribution in [0.5, 0.6) is 11.6 Å². The van der Waals surface area contributed by atoms with E-state index in [2.05, 4.69) is 22.3 Å². The van der Waals surface area contributed by atoms with E-state index in [1.165, 1.54) is 4.90 Å². The number of aromatic nitrogens is 1. The van der Waals surface area contributed by atoms with Crippen molar-refractivity contribution in [2.75, 3.05) is 39.3 Å². The first-order valence-electron chi connectivity index (χ1n) is 20.0. The maximum Gasteiger partial charge on any atom is 0.408 e. The molecule has 2 saturated carbocycles. The van der Waals surface area contributed by atoms with Crippen LogP contribution in [0.2, 0.25) is 0 Å². The van der Waals surface area contributed by atoms with E-state index in [0.29, 0.717) is 29.8 Å². The number of nitrogens with zero attached hydrogens (tertiary/aromatic N) is 3. The van der Waals surface area contributed by atoms with Crippen molar-refractivity contribution in [3.05, 3.63) is 36.4 Å². The number of alkyl carbamates (subject to hydrolysis) is 1. The Kier molecular flexibility index (Phi) is 12.0. The molecule has 17 heteroatoms. The fourth-order valence-electron chi connectivity index (χ4n) is 7.98. The fraction of sp³-hybridized carbons (Fsp3) is 0.634. The quantitative estimate of drug-likeness (QED) is 0.305. The summed E-state index contributed by atoms with van der Waals surface area (Å²) in [6.45, 7) is 7.87. The summed E-state index contributed by atoms with van der Waals surface area (Å²) < 4.78 is 58.4. The number of carbonyl (C=O) groups excluding carboxylic acids is 4. The zero-order valence-corrected chi connectivity index (χ0v) is 35.4. The van der Waals surface area contributed by atoms with Crippen LogP contribution in [0.4, 0.5) is 15.0 Å². The molecule has 6 rings (SSSR count). The molecule has 3 fully saturated rings. The van der Waals surface area contributed by atoms with Crippen molar-refractivity contribution >= 4 is 50.4 Å². The molecule has 4 aliphatic rings. The first-order valence-corrected chi connectivity index (χ1v) is 21.4. The Labute approximate surface area is 339 Å². The Bertz CT molecular complexity index is 2070. The number of nitrogens with one attached hydrogen (secondary N) is 3. The van der Waals surface area contributed by atoms with Gasteiger partial charge in [-0.05, 0) is 101 Å². The molecule has 1 saturated heterocycles. The van der Waals surface area contributed by atoms with Crippen molar-refractivity contribution in [2.45, 2.75) is 114 Å². The number of hydrogen-bond donors (Lipinski definition) is 3. The number of amides is 4. The molecule has 0 spiro atoms. The van der Waals surface area contributed by atoms with Crippen molar-refractivity contribution in [3.8, 4) is 11.6 Å². The highest BCUT2D eigenvalue weighted by atomic mass is 32.2. The van der Waals surface area contributed by atoms with Gasteiger partial charge in [-0.3, -0.25) is 19.1 Å². The van der Waals surface area contributed by atoms with Gasteiger partial charge < -0.3 is 34.6 Å². The van der Waals surface area contributed by atoms with Crippen molar-refractivity contribution in [1.29, 1.82) is 0 Å². The van der Waals surface area contributed by atoms with Gasteiger partial charge in [0.05, 0.1) is 13.7 Å². The molecule has 318 valence electrons. The lowest BCUT2D eigenvalue weighted by Crippen LogP contribution is -2.59. The highest BCUT2D eigenvalue weighted by Crippen LogP contribution is 2.48. The molecule has 1 aromatic carbocycles. The lowest BCUT2D eigenvalue weighted by Gasteiger charge is -2.33. The SMILES string of the molecule is COc1ccc2c(OC3CC4C(=O)NC5(C(=O)NS(=O)(=O)C6(CF)CC6)CC5C=CCCC(C)CC(C)C(NC(=O)OC(C)(C)C)C(=O)N4C3)nc(N(C)C)cc2c1. The summed E-state index contributed by atoms with van der Waals surface area (Å²) in [5.74, 6) is -1.53. The highest BCUT2D eigenvalue weighted by Gasteiger charge is 2.64. The summed E-state index contributed by atoms with van der Waals surface area (Å²) in [6.07, 6.45) is 4.31. The molecule has 2 aliphatic carbocycles. The molecule has 0 bridgehead atoms. The van der Waals surface area contributed by atoms with Crippen LogP contribution >= 0.6 is 0 Å². The van der Waals surface area contributed by atoms with Crippen LogP contribution in [0.15, 0.2) is 36.4 Å². The number of sulfonamides is 1. The second kappa shape index (κ2) is 16.2. The van der Waals surface area contributed by atoms with Crippen LogP contribution in [0.25, 0.3) is 10.8 Å². The molecule has 3 N–H and O–H groups in total. The smallest absolute Gasteiger partial charge is 0.408 e. The Hall–Kier alpha value is -4.67. The summed E-state index contributed by atoms with van der Waals surface area (Å²) in [7, 11) is 0.857. The zero-order valence-electron chi connectivity index (χ0n) is 34.6. The van der Waals surface area contributed by atoms with E-state index in [-0.39, 0.29) is 49.9 Å². The van der Waals surface area contributed by atoms with Gasteiger partial charge in [0.25, 0.3) is 5.91 Å². The number of methoxy groups -OCH3 is 1. The van der Waals surface area contributed by atoms with E-state index in [0.717, 1.165) is 11.8 Å². The van der Waals surface area contributed by atoms with Crippen LogP contribution in [0, 0.1) is 17.8 Å². The maximum atomic E-state index is 14.9. The first kappa shape index (κ1) is 42.9. The van der Waals surface area contributed by atoms with Gasteiger partial charge in [-0.2, -0.15) is 4.98 Å². The topological polar surface area (TPSA) is 186 Å². The number of allylic oxidation sites excluding steroid dienone is 1. The van der Waals surface area contributed by atoms with Gasteiger partial charge in [-0.1, -0.05) is 26.0 Å². The van der Waals surface area contributed by atoms with E-state index >= 15 is 0 Å². The molecule has 7 unspecified atom stereocenters. The fourth-order valence-corrected chi connectivity index (χ4v) is 9.41. The number of pyridine rings is 1. The molecular formula is C41H57FN6O9S. The van der Waals surface area contributed by atoms with Gasteiger partial charge >= 0.3 is 6.09 Å². The van der Waals surface area contributed by atoms with E-state index in [9.17, 15) is 32.0 Å². The van der Waals surface area contributed by atoms with Crippen molar-refractivity contribution in [2.24, 2.45) is 17.8 Å². The first-order chi connectivity index (χ1) is 27.2. The largest absolute Gasteiger partial charge is 0.497 e. The number of carbonyl (C=O) groups is 4. The summed E-state index contributed by atoms with van der Waals surface area (Å²) >= 11 is 0. The zero-order chi connectivity index (χ0) is 42.4. The summed E-state index contributed by atoms with van der Waals surface area (Å²) in [5.41, 5.74) is -2.51. The molecule has 2 aromatic rings. The number of anilines is 1. The van der Waals surface area contributed by atoms with E-state index in [1.807, 2.05) is 56.3 Å². The third-order valence-electron chi connectivity index (χ3n) is 11.7. The lowest BCUT2D eigenvalue weighted by molar-refractivity contribution is -0.142. The number of hydrogen-bond acceptors (Lipinski definition) is 11. The van der Waals surface area contributed by atoms with Gasteiger partial charge in [-0.25, -0.2) is 17.6 Å².